The Morgan fingerprint density at radius 2 is 2.43 bits per heavy atom. The number of rotatable bonds is 4. The molecule has 0 bridgehead atoms. The SMILES string of the molecule is Cc1cnn([C@H]2CCCN(C(=O)CCc3cscn3)C2)c1. The number of nitrogens with zero attached hydrogens (tertiary/aromatic N) is 4. The van der Waals surface area contributed by atoms with Crippen LogP contribution in [0.25, 0.3) is 0 Å². The number of carbonyl (C=O) groups is 1. The number of amides is 1. The molecule has 6 heteroatoms. The molecule has 1 aliphatic rings. The van der Waals surface area contributed by atoms with Crippen LogP contribution in [0.5, 0.6) is 0 Å². The molecular weight excluding hydrogens is 284 g/mol. The van der Waals surface area contributed by atoms with Gasteiger partial charge >= 0.3 is 0 Å². The average Bonchev–Trinajstić information content (AvgIpc) is 3.16. The molecule has 5 nitrogen and oxygen atoms in total. The van der Waals surface area contributed by atoms with Gasteiger partial charge < -0.3 is 4.90 Å². The lowest BCUT2D eigenvalue weighted by Crippen LogP contribution is -2.40. The zero-order valence-electron chi connectivity index (χ0n) is 12.2. The van der Waals surface area contributed by atoms with E-state index in [0.717, 1.165) is 38.0 Å². The van der Waals surface area contributed by atoms with E-state index < -0.39 is 0 Å². The van der Waals surface area contributed by atoms with Crippen molar-refractivity contribution in [3.63, 3.8) is 0 Å². The van der Waals surface area contributed by atoms with Gasteiger partial charge in [0.25, 0.3) is 0 Å². The molecule has 0 aromatic carbocycles. The monoisotopic (exact) mass is 304 g/mol. The van der Waals surface area contributed by atoms with Crippen molar-refractivity contribution in [3.05, 3.63) is 34.5 Å². The van der Waals surface area contributed by atoms with E-state index in [1.165, 1.54) is 5.56 Å². The molecule has 2 aromatic heterocycles. The van der Waals surface area contributed by atoms with Gasteiger partial charge in [0.2, 0.25) is 5.91 Å². The first kappa shape index (κ1) is 14.3. The molecule has 2 aromatic rings. The van der Waals surface area contributed by atoms with Gasteiger partial charge in [0.05, 0.1) is 23.4 Å². The molecule has 1 amide bonds. The van der Waals surface area contributed by atoms with E-state index in [2.05, 4.69) is 16.3 Å². The van der Waals surface area contributed by atoms with Crippen molar-refractivity contribution in [3.8, 4) is 0 Å². The van der Waals surface area contributed by atoms with Crippen LogP contribution in [0.15, 0.2) is 23.3 Å². The first-order chi connectivity index (χ1) is 10.2. The van der Waals surface area contributed by atoms with Crippen molar-refractivity contribution in [2.75, 3.05) is 13.1 Å². The fourth-order valence-corrected chi connectivity index (χ4v) is 3.38. The molecule has 21 heavy (non-hydrogen) atoms. The topological polar surface area (TPSA) is 51.0 Å². The maximum absolute atomic E-state index is 12.3. The van der Waals surface area contributed by atoms with Gasteiger partial charge in [-0.2, -0.15) is 5.10 Å². The average molecular weight is 304 g/mol. The van der Waals surface area contributed by atoms with E-state index in [0.29, 0.717) is 12.5 Å². The van der Waals surface area contributed by atoms with Crippen molar-refractivity contribution >= 4 is 17.2 Å². The number of likely N-dealkylation sites (tertiary alicyclic amines) is 1. The van der Waals surface area contributed by atoms with Gasteiger partial charge in [0.15, 0.2) is 0 Å². The van der Waals surface area contributed by atoms with Crippen LogP contribution in [0.2, 0.25) is 0 Å². The van der Waals surface area contributed by atoms with Crippen molar-refractivity contribution < 1.29 is 4.79 Å². The summed E-state index contributed by atoms with van der Waals surface area (Å²) in [5.41, 5.74) is 4.00. The quantitative estimate of drug-likeness (QED) is 0.872. The Balaban J connectivity index is 1.56. The van der Waals surface area contributed by atoms with Gasteiger partial charge in [-0.15, -0.1) is 11.3 Å². The molecule has 0 N–H and O–H groups in total. The van der Waals surface area contributed by atoms with Gasteiger partial charge in [-0.1, -0.05) is 0 Å². The largest absolute Gasteiger partial charge is 0.341 e. The maximum atomic E-state index is 12.3. The third kappa shape index (κ3) is 3.50. The van der Waals surface area contributed by atoms with E-state index in [-0.39, 0.29) is 5.91 Å². The predicted molar refractivity (Wildman–Crippen MR) is 82.3 cm³/mol. The molecule has 1 fully saturated rings. The highest BCUT2D eigenvalue weighted by Gasteiger charge is 2.24. The Morgan fingerprint density at radius 3 is 3.14 bits per heavy atom. The molecule has 0 spiro atoms. The summed E-state index contributed by atoms with van der Waals surface area (Å²) in [4.78, 5) is 18.6. The number of aryl methyl sites for hydroxylation is 2. The van der Waals surface area contributed by atoms with E-state index in [1.54, 1.807) is 11.3 Å². The zero-order valence-corrected chi connectivity index (χ0v) is 13.1. The first-order valence-corrected chi connectivity index (χ1v) is 8.32. The summed E-state index contributed by atoms with van der Waals surface area (Å²) in [5.74, 6) is 0.233. The van der Waals surface area contributed by atoms with Crippen LogP contribution in [0.4, 0.5) is 0 Å². The molecule has 112 valence electrons. The van der Waals surface area contributed by atoms with Crippen LogP contribution in [-0.4, -0.2) is 38.7 Å². The van der Waals surface area contributed by atoms with Gasteiger partial charge in [-0.25, -0.2) is 4.98 Å². The van der Waals surface area contributed by atoms with Crippen LogP contribution in [0.3, 0.4) is 0 Å². The smallest absolute Gasteiger partial charge is 0.223 e. The van der Waals surface area contributed by atoms with E-state index in [1.807, 2.05) is 33.6 Å². The van der Waals surface area contributed by atoms with E-state index in [9.17, 15) is 4.79 Å². The number of hydrogen-bond acceptors (Lipinski definition) is 4. The Hall–Kier alpha value is -1.69. The fourth-order valence-electron chi connectivity index (χ4n) is 2.78. The Kier molecular flexibility index (Phi) is 4.34. The van der Waals surface area contributed by atoms with E-state index in [4.69, 9.17) is 0 Å². The summed E-state index contributed by atoms with van der Waals surface area (Å²) < 4.78 is 2.01. The molecule has 3 rings (SSSR count). The van der Waals surface area contributed by atoms with Crippen LogP contribution in [0.1, 0.15) is 36.6 Å². The number of aromatic nitrogens is 3. The minimum absolute atomic E-state index is 0.233. The number of thiazole rings is 1. The summed E-state index contributed by atoms with van der Waals surface area (Å²) >= 11 is 1.58. The van der Waals surface area contributed by atoms with Crippen LogP contribution in [0, 0.1) is 6.92 Å². The lowest BCUT2D eigenvalue weighted by atomic mass is 10.1. The Labute approximate surface area is 128 Å². The summed E-state index contributed by atoms with van der Waals surface area (Å²) in [6.07, 6.45) is 7.37. The highest BCUT2D eigenvalue weighted by atomic mass is 32.1. The van der Waals surface area contributed by atoms with Gasteiger partial charge in [0, 0.05) is 31.1 Å². The number of piperidine rings is 1. The Morgan fingerprint density at radius 1 is 1.52 bits per heavy atom. The minimum atomic E-state index is 0.233. The molecule has 3 heterocycles. The first-order valence-electron chi connectivity index (χ1n) is 7.38. The molecule has 0 aliphatic carbocycles. The molecule has 1 atom stereocenters. The summed E-state index contributed by atoms with van der Waals surface area (Å²) in [6.45, 7) is 3.69. The molecule has 1 aliphatic heterocycles. The van der Waals surface area contributed by atoms with Gasteiger partial charge in [-0.3, -0.25) is 9.48 Å². The Bertz CT molecular complexity index is 593. The minimum Gasteiger partial charge on any atom is -0.341 e. The summed E-state index contributed by atoms with van der Waals surface area (Å²) in [6, 6.07) is 0.315. The lowest BCUT2D eigenvalue weighted by molar-refractivity contribution is -0.132. The highest BCUT2D eigenvalue weighted by Crippen LogP contribution is 2.22. The van der Waals surface area contributed by atoms with Crippen LogP contribution >= 0.6 is 11.3 Å². The molecule has 1 saturated heterocycles. The normalized spacial score (nSPS) is 18.9. The predicted octanol–water partition coefficient (Wildman–Crippen LogP) is 2.44. The second-order valence-electron chi connectivity index (χ2n) is 5.61. The van der Waals surface area contributed by atoms with Crippen LogP contribution < -0.4 is 0 Å². The van der Waals surface area contributed by atoms with E-state index >= 15 is 0 Å². The second kappa shape index (κ2) is 6.39. The fraction of sp³-hybridized carbons (Fsp3) is 0.533. The van der Waals surface area contributed by atoms with Crippen molar-refractivity contribution in [1.29, 1.82) is 0 Å². The lowest BCUT2D eigenvalue weighted by Gasteiger charge is -2.33. The summed E-state index contributed by atoms with van der Waals surface area (Å²) in [7, 11) is 0. The van der Waals surface area contributed by atoms with Gasteiger partial charge in [0.1, 0.15) is 0 Å². The second-order valence-corrected chi connectivity index (χ2v) is 6.33. The summed E-state index contributed by atoms with van der Waals surface area (Å²) in [5, 5.41) is 6.40. The molecular formula is C15H20N4OS. The van der Waals surface area contributed by atoms with Crippen molar-refractivity contribution in [1.82, 2.24) is 19.7 Å². The van der Waals surface area contributed by atoms with Crippen LogP contribution in [-0.2, 0) is 11.2 Å². The molecule has 0 radical (unpaired) electrons. The number of hydrogen-bond donors (Lipinski definition) is 0. The van der Waals surface area contributed by atoms with Crippen molar-refractivity contribution in [2.45, 2.75) is 38.6 Å². The number of carbonyl (C=O) groups excluding carboxylic acids is 1. The molecule has 0 saturated carbocycles. The van der Waals surface area contributed by atoms with Gasteiger partial charge in [-0.05, 0) is 31.7 Å². The maximum Gasteiger partial charge on any atom is 0.223 e. The third-order valence-electron chi connectivity index (χ3n) is 3.93. The molecule has 0 unspecified atom stereocenters. The highest BCUT2D eigenvalue weighted by molar-refractivity contribution is 7.07. The third-order valence-corrected chi connectivity index (χ3v) is 4.57. The van der Waals surface area contributed by atoms with Crippen molar-refractivity contribution in [2.24, 2.45) is 0 Å². The zero-order chi connectivity index (χ0) is 14.7. The standard InChI is InChI=1S/C15H20N4OS/c1-12-7-17-19(8-12)14-3-2-6-18(9-14)15(20)5-4-13-10-21-11-16-13/h7-8,10-11,14H,2-6,9H2,1H3/t14-/m0/s1.